The number of nitrogens with one attached hydrogen (secondary N) is 1. The first-order chi connectivity index (χ1) is 9.02. The number of hydrogen-bond donors (Lipinski definition) is 1. The van der Waals surface area contributed by atoms with Crippen LogP contribution in [0.3, 0.4) is 0 Å². The predicted octanol–water partition coefficient (Wildman–Crippen LogP) is 3.08. The summed E-state index contributed by atoms with van der Waals surface area (Å²) in [5.74, 6) is -2.42. The Morgan fingerprint density at radius 1 is 1.37 bits per heavy atom. The second kappa shape index (κ2) is 5.17. The highest BCUT2D eigenvalue weighted by Gasteiger charge is 2.16. The molecule has 1 N–H and O–H groups in total. The molecule has 1 aromatic carbocycles. The summed E-state index contributed by atoms with van der Waals surface area (Å²) in [6.07, 6.45) is 0.642. The molecule has 100 valence electrons. The molecule has 19 heavy (non-hydrogen) atoms. The molecule has 1 amide bonds. The van der Waals surface area contributed by atoms with Gasteiger partial charge in [0.15, 0.2) is 11.6 Å². The molecule has 0 fully saturated rings. The molecule has 2 rings (SSSR count). The van der Waals surface area contributed by atoms with E-state index in [1.807, 2.05) is 6.92 Å². The van der Waals surface area contributed by atoms with Crippen molar-refractivity contribution >= 4 is 11.8 Å². The molecule has 0 aliphatic rings. The number of benzene rings is 1. The summed E-state index contributed by atoms with van der Waals surface area (Å²) in [4.78, 5) is 11.9. The molecule has 2 aromatic rings. The van der Waals surface area contributed by atoms with Gasteiger partial charge in [-0.1, -0.05) is 12.1 Å². The van der Waals surface area contributed by atoms with Crippen molar-refractivity contribution in [1.82, 2.24) is 5.16 Å². The second-order valence-corrected chi connectivity index (χ2v) is 4.01. The predicted molar refractivity (Wildman–Crippen MR) is 64.9 cm³/mol. The van der Waals surface area contributed by atoms with Crippen LogP contribution in [0.4, 0.5) is 14.7 Å². The summed E-state index contributed by atoms with van der Waals surface area (Å²) in [6.45, 7) is 3.66. The highest BCUT2D eigenvalue weighted by molar-refractivity contribution is 6.03. The monoisotopic (exact) mass is 266 g/mol. The van der Waals surface area contributed by atoms with Crippen LogP contribution in [0.15, 0.2) is 22.7 Å². The Labute approximate surface area is 108 Å². The van der Waals surface area contributed by atoms with Gasteiger partial charge in [-0.3, -0.25) is 10.1 Å². The van der Waals surface area contributed by atoms with E-state index >= 15 is 0 Å². The van der Waals surface area contributed by atoms with E-state index < -0.39 is 17.5 Å². The average molecular weight is 266 g/mol. The lowest BCUT2D eigenvalue weighted by Crippen LogP contribution is -2.13. The van der Waals surface area contributed by atoms with E-state index in [2.05, 4.69) is 10.5 Å². The lowest BCUT2D eigenvalue weighted by molar-refractivity contribution is 0.102. The van der Waals surface area contributed by atoms with E-state index in [1.54, 1.807) is 6.92 Å². The normalized spacial score (nSPS) is 10.5. The topological polar surface area (TPSA) is 55.1 Å². The molecule has 0 aliphatic heterocycles. The Balaban J connectivity index is 2.23. The minimum absolute atomic E-state index is 0.00926. The largest absolute Gasteiger partial charge is 0.338 e. The molecule has 0 radical (unpaired) electrons. The molecule has 0 saturated heterocycles. The van der Waals surface area contributed by atoms with Crippen molar-refractivity contribution < 1.29 is 18.1 Å². The van der Waals surface area contributed by atoms with Crippen LogP contribution in [-0.2, 0) is 6.42 Å². The molecule has 1 heterocycles. The molecule has 0 bridgehead atoms. The maximum atomic E-state index is 13.0. The highest BCUT2D eigenvalue weighted by atomic mass is 19.2. The number of rotatable bonds is 3. The van der Waals surface area contributed by atoms with Gasteiger partial charge in [0.25, 0.3) is 5.91 Å². The van der Waals surface area contributed by atoms with E-state index in [-0.39, 0.29) is 11.4 Å². The number of carbonyl (C=O) groups excluding carboxylic acids is 1. The van der Waals surface area contributed by atoms with Crippen molar-refractivity contribution in [3.8, 4) is 0 Å². The quantitative estimate of drug-likeness (QED) is 0.928. The van der Waals surface area contributed by atoms with Crippen molar-refractivity contribution in [2.45, 2.75) is 20.3 Å². The molecule has 0 saturated carbocycles. The van der Waals surface area contributed by atoms with Gasteiger partial charge in [-0.05, 0) is 31.5 Å². The van der Waals surface area contributed by atoms with Gasteiger partial charge in [0.2, 0.25) is 5.88 Å². The van der Waals surface area contributed by atoms with E-state index in [1.165, 1.54) is 6.07 Å². The maximum Gasteiger partial charge on any atom is 0.258 e. The molecule has 6 heteroatoms. The second-order valence-electron chi connectivity index (χ2n) is 4.01. The number of halogens is 2. The SMILES string of the molecule is CCc1c(C)noc1NC(=O)c1ccc(F)c(F)c1. The Bertz CT molecular complexity index is 623. The van der Waals surface area contributed by atoms with Crippen LogP contribution in [0, 0.1) is 18.6 Å². The highest BCUT2D eigenvalue weighted by Crippen LogP contribution is 2.20. The van der Waals surface area contributed by atoms with Crippen LogP contribution in [0.1, 0.15) is 28.5 Å². The number of nitrogens with zero attached hydrogens (tertiary/aromatic N) is 1. The van der Waals surface area contributed by atoms with Crippen LogP contribution in [0.2, 0.25) is 0 Å². The zero-order valence-electron chi connectivity index (χ0n) is 10.5. The lowest BCUT2D eigenvalue weighted by Gasteiger charge is -2.03. The van der Waals surface area contributed by atoms with Crippen LogP contribution < -0.4 is 5.32 Å². The van der Waals surface area contributed by atoms with Crippen molar-refractivity contribution in [2.75, 3.05) is 5.32 Å². The molecule has 0 spiro atoms. The van der Waals surface area contributed by atoms with E-state index in [4.69, 9.17) is 4.52 Å². The first-order valence-electron chi connectivity index (χ1n) is 5.74. The zero-order valence-corrected chi connectivity index (χ0v) is 10.5. The Morgan fingerprint density at radius 2 is 2.11 bits per heavy atom. The van der Waals surface area contributed by atoms with Gasteiger partial charge in [-0.25, -0.2) is 8.78 Å². The molecule has 4 nitrogen and oxygen atoms in total. The first-order valence-corrected chi connectivity index (χ1v) is 5.74. The fourth-order valence-corrected chi connectivity index (χ4v) is 1.72. The Hall–Kier alpha value is -2.24. The van der Waals surface area contributed by atoms with Crippen molar-refractivity contribution in [3.63, 3.8) is 0 Å². The summed E-state index contributed by atoms with van der Waals surface area (Å²) in [7, 11) is 0. The number of aromatic nitrogens is 1. The average Bonchev–Trinajstić information content (AvgIpc) is 2.73. The van der Waals surface area contributed by atoms with Gasteiger partial charge in [0.05, 0.1) is 5.69 Å². The number of hydrogen-bond acceptors (Lipinski definition) is 3. The summed E-state index contributed by atoms with van der Waals surface area (Å²) in [5, 5.41) is 6.23. The summed E-state index contributed by atoms with van der Waals surface area (Å²) in [6, 6.07) is 2.93. The Morgan fingerprint density at radius 3 is 2.74 bits per heavy atom. The van der Waals surface area contributed by atoms with Crippen molar-refractivity contribution in [2.24, 2.45) is 0 Å². The van der Waals surface area contributed by atoms with E-state index in [9.17, 15) is 13.6 Å². The van der Waals surface area contributed by atoms with Crippen LogP contribution in [0.25, 0.3) is 0 Å². The number of aryl methyl sites for hydroxylation is 1. The fraction of sp³-hybridized carbons (Fsp3) is 0.231. The van der Waals surface area contributed by atoms with E-state index in [0.29, 0.717) is 12.1 Å². The summed E-state index contributed by atoms with van der Waals surface area (Å²) >= 11 is 0. The lowest BCUT2D eigenvalue weighted by atomic mass is 10.1. The van der Waals surface area contributed by atoms with Crippen LogP contribution in [0.5, 0.6) is 0 Å². The summed E-state index contributed by atoms with van der Waals surface area (Å²) < 4.78 is 30.8. The molecular formula is C13H12F2N2O2. The standard InChI is InChI=1S/C13H12F2N2O2/c1-3-9-7(2)17-19-13(9)16-12(18)8-4-5-10(14)11(15)6-8/h4-6H,3H2,1-2H3,(H,16,18). The van der Waals surface area contributed by atoms with Gasteiger partial charge in [-0.2, -0.15) is 0 Å². The van der Waals surface area contributed by atoms with Crippen molar-refractivity contribution in [3.05, 3.63) is 46.7 Å². The van der Waals surface area contributed by atoms with Gasteiger partial charge in [0, 0.05) is 11.1 Å². The Kier molecular flexibility index (Phi) is 3.59. The van der Waals surface area contributed by atoms with Gasteiger partial charge in [-0.15, -0.1) is 0 Å². The third-order valence-electron chi connectivity index (χ3n) is 2.75. The van der Waals surface area contributed by atoms with E-state index in [0.717, 1.165) is 17.7 Å². The number of anilines is 1. The molecular weight excluding hydrogens is 254 g/mol. The van der Waals surface area contributed by atoms with Gasteiger partial charge < -0.3 is 4.52 Å². The third kappa shape index (κ3) is 2.62. The van der Waals surface area contributed by atoms with Gasteiger partial charge in [0.1, 0.15) is 0 Å². The minimum atomic E-state index is -1.07. The molecule has 1 aromatic heterocycles. The minimum Gasteiger partial charge on any atom is -0.338 e. The van der Waals surface area contributed by atoms with Gasteiger partial charge >= 0.3 is 0 Å². The van der Waals surface area contributed by atoms with Crippen LogP contribution >= 0.6 is 0 Å². The molecule has 0 atom stereocenters. The third-order valence-corrected chi connectivity index (χ3v) is 2.75. The molecule has 0 aliphatic carbocycles. The summed E-state index contributed by atoms with van der Waals surface area (Å²) in [5.41, 5.74) is 1.47. The smallest absolute Gasteiger partial charge is 0.258 e. The maximum absolute atomic E-state index is 13.0. The first kappa shape index (κ1) is 13.2. The zero-order chi connectivity index (χ0) is 14.0. The fourth-order valence-electron chi connectivity index (χ4n) is 1.72. The number of amides is 1. The number of carbonyl (C=O) groups is 1. The molecule has 0 unspecified atom stereocenters. The van der Waals surface area contributed by atoms with Crippen LogP contribution in [-0.4, -0.2) is 11.1 Å². The van der Waals surface area contributed by atoms with Crippen molar-refractivity contribution in [1.29, 1.82) is 0 Å².